The van der Waals surface area contributed by atoms with Gasteiger partial charge < -0.3 is 9.67 Å². The van der Waals surface area contributed by atoms with Crippen LogP contribution in [0.3, 0.4) is 0 Å². The number of nitrogens with zero attached hydrogens (tertiary/aromatic N) is 2. The second-order valence-electron chi connectivity index (χ2n) is 3.93. The number of aromatic nitrogens is 1. The van der Waals surface area contributed by atoms with Gasteiger partial charge in [0.05, 0.1) is 6.61 Å². The van der Waals surface area contributed by atoms with E-state index in [1.807, 2.05) is 13.2 Å². The monoisotopic (exact) mass is 292 g/mol. The second-order valence-corrected chi connectivity index (χ2v) is 6.96. The molecule has 1 heterocycles. The van der Waals surface area contributed by atoms with E-state index < -0.39 is 10.0 Å². The van der Waals surface area contributed by atoms with Gasteiger partial charge in [-0.25, -0.2) is 12.7 Å². The molecule has 18 heavy (non-hydrogen) atoms. The molecule has 1 N–H and O–H groups in total. The lowest BCUT2D eigenvalue weighted by Gasteiger charge is -2.15. The van der Waals surface area contributed by atoms with Crippen LogP contribution in [0.25, 0.3) is 0 Å². The highest BCUT2D eigenvalue weighted by molar-refractivity contribution is 7.98. The van der Waals surface area contributed by atoms with Gasteiger partial charge in [-0.1, -0.05) is 0 Å². The van der Waals surface area contributed by atoms with Gasteiger partial charge in [0.25, 0.3) is 0 Å². The first-order chi connectivity index (χ1) is 8.47. The molecule has 0 spiro atoms. The first-order valence-electron chi connectivity index (χ1n) is 5.72. The van der Waals surface area contributed by atoms with Gasteiger partial charge in [-0.3, -0.25) is 0 Å². The van der Waals surface area contributed by atoms with Crippen molar-refractivity contribution in [1.82, 2.24) is 8.87 Å². The van der Waals surface area contributed by atoms with Crippen LogP contribution in [0.4, 0.5) is 0 Å². The summed E-state index contributed by atoms with van der Waals surface area (Å²) in [4.78, 5) is 0.247. The van der Waals surface area contributed by atoms with E-state index in [4.69, 9.17) is 0 Å². The third kappa shape index (κ3) is 3.28. The molecule has 5 nitrogen and oxygen atoms in total. The third-order valence-electron chi connectivity index (χ3n) is 2.78. The molecule has 0 aromatic carbocycles. The molecule has 0 radical (unpaired) electrons. The molecular formula is C11H20N2O3S2. The molecule has 0 saturated heterocycles. The molecule has 7 heteroatoms. The number of hydrogen-bond donors (Lipinski definition) is 1. The van der Waals surface area contributed by atoms with Crippen LogP contribution < -0.4 is 0 Å². The Bertz CT molecular complexity index is 461. The molecule has 1 aromatic rings. The molecule has 0 aliphatic heterocycles. The molecule has 0 unspecified atom stereocenters. The lowest BCUT2D eigenvalue weighted by Crippen LogP contribution is -2.28. The van der Waals surface area contributed by atoms with Gasteiger partial charge in [-0.05, 0) is 19.2 Å². The summed E-state index contributed by atoms with van der Waals surface area (Å²) < 4.78 is 27.6. The minimum Gasteiger partial charge on any atom is -0.390 e. The number of aryl methyl sites for hydroxylation is 1. The molecule has 0 aliphatic rings. The maximum absolute atomic E-state index is 12.3. The molecule has 0 saturated carbocycles. The van der Waals surface area contributed by atoms with E-state index in [1.54, 1.807) is 29.6 Å². The fourth-order valence-corrected chi connectivity index (χ4v) is 3.42. The van der Waals surface area contributed by atoms with Crippen LogP contribution in [0, 0.1) is 0 Å². The Kier molecular flexibility index (Phi) is 5.71. The van der Waals surface area contributed by atoms with E-state index in [-0.39, 0.29) is 11.5 Å². The Morgan fingerprint density at radius 1 is 1.50 bits per heavy atom. The zero-order chi connectivity index (χ0) is 13.8. The maximum atomic E-state index is 12.3. The van der Waals surface area contributed by atoms with E-state index >= 15 is 0 Å². The van der Waals surface area contributed by atoms with Crippen molar-refractivity contribution in [3.8, 4) is 0 Å². The number of hydrogen-bond acceptors (Lipinski definition) is 4. The van der Waals surface area contributed by atoms with Crippen LogP contribution in [-0.4, -0.2) is 48.0 Å². The van der Waals surface area contributed by atoms with Crippen molar-refractivity contribution in [2.45, 2.75) is 25.0 Å². The van der Waals surface area contributed by atoms with E-state index in [2.05, 4.69) is 0 Å². The normalized spacial score (nSPS) is 12.3. The summed E-state index contributed by atoms with van der Waals surface area (Å²) in [6.07, 6.45) is 3.52. The predicted molar refractivity (Wildman–Crippen MR) is 74.2 cm³/mol. The van der Waals surface area contributed by atoms with Gasteiger partial charge >= 0.3 is 0 Å². The first-order valence-corrected chi connectivity index (χ1v) is 8.56. The largest absolute Gasteiger partial charge is 0.390 e. The molecule has 0 aliphatic carbocycles. The van der Waals surface area contributed by atoms with Gasteiger partial charge in [0.1, 0.15) is 4.90 Å². The van der Waals surface area contributed by atoms with Crippen molar-refractivity contribution in [1.29, 1.82) is 0 Å². The van der Waals surface area contributed by atoms with E-state index in [9.17, 15) is 13.5 Å². The van der Waals surface area contributed by atoms with Gasteiger partial charge in [0, 0.05) is 37.8 Å². The highest BCUT2D eigenvalue weighted by Crippen LogP contribution is 2.18. The summed E-state index contributed by atoms with van der Waals surface area (Å²) in [5.41, 5.74) is 0.620. The van der Waals surface area contributed by atoms with Crippen LogP contribution in [-0.2, 0) is 23.2 Å². The van der Waals surface area contributed by atoms with Gasteiger partial charge in [0.2, 0.25) is 10.0 Å². The zero-order valence-corrected chi connectivity index (χ0v) is 12.6. The van der Waals surface area contributed by atoms with Crippen molar-refractivity contribution in [3.05, 3.63) is 18.0 Å². The minimum absolute atomic E-state index is 0.155. The molecule has 104 valence electrons. The van der Waals surface area contributed by atoms with E-state index in [1.165, 1.54) is 10.4 Å². The predicted octanol–water partition coefficient (Wildman–Crippen LogP) is 0.984. The SMILES string of the molecule is CCn1cc(S(=O)(=O)N(C)CCSC)cc1CO. The van der Waals surface area contributed by atoms with Gasteiger partial charge in [-0.15, -0.1) is 0 Å². The Hall–Kier alpha value is -0.500. The minimum atomic E-state index is -3.45. The first kappa shape index (κ1) is 15.6. The topological polar surface area (TPSA) is 62.5 Å². The summed E-state index contributed by atoms with van der Waals surface area (Å²) in [6.45, 7) is 2.88. The lowest BCUT2D eigenvalue weighted by molar-refractivity contribution is 0.271. The molecule has 0 fully saturated rings. The molecule has 1 rings (SSSR count). The van der Waals surface area contributed by atoms with Crippen LogP contribution >= 0.6 is 11.8 Å². The summed E-state index contributed by atoms with van der Waals surface area (Å²) in [5.74, 6) is 0.761. The van der Waals surface area contributed by atoms with E-state index in [0.717, 1.165) is 5.75 Å². The van der Waals surface area contributed by atoms with Crippen molar-refractivity contribution in [2.24, 2.45) is 0 Å². The number of thioether (sulfide) groups is 1. The van der Waals surface area contributed by atoms with Crippen LogP contribution in [0.5, 0.6) is 0 Å². The van der Waals surface area contributed by atoms with Crippen molar-refractivity contribution in [2.75, 3.05) is 25.6 Å². The maximum Gasteiger partial charge on any atom is 0.244 e. The van der Waals surface area contributed by atoms with Crippen molar-refractivity contribution >= 4 is 21.8 Å². The average molecular weight is 292 g/mol. The highest BCUT2D eigenvalue weighted by atomic mass is 32.2. The Labute approximate surface area is 113 Å². The summed E-state index contributed by atoms with van der Waals surface area (Å²) in [6, 6.07) is 1.54. The van der Waals surface area contributed by atoms with Crippen LogP contribution in [0.1, 0.15) is 12.6 Å². The highest BCUT2D eigenvalue weighted by Gasteiger charge is 2.22. The average Bonchev–Trinajstić information content (AvgIpc) is 2.79. The number of aliphatic hydroxyl groups is 1. The lowest BCUT2D eigenvalue weighted by atomic mass is 10.4. The second kappa shape index (κ2) is 6.60. The zero-order valence-electron chi connectivity index (χ0n) is 11.0. The third-order valence-corrected chi connectivity index (χ3v) is 5.20. The van der Waals surface area contributed by atoms with E-state index in [0.29, 0.717) is 18.8 Å². The number of rotatable bonds is 7. The molecule has 0 bridgehead atoms. The Morgan fingerprint density at radius 2 is 2.17 bits per heavy atom. The van der Waals surface area contributed by atoms with Gasteiger partial charge in [0.15, 0.2) is 0 Å². The number of aliphatic hydroxyl groups excluding tert-OH is 1. The quantitative estimate of drug-likeness (QED) is 0.814. The molecule has 1 aromatic heterocycles. The fourth-order valence-electron chi connectivity index (χ4n) is 1.61. The number of sulfonamides is 1. The smallest absolute Gasteiger partial charge is 0.244 e. The Balaban J connectivity index is 3.01. The van der Waals surface area contributed by atoms with Crippen molar-refractivity contribution < 1.29 is 13.5 Å². The van der Waals surface area contributed by atoms with Crippen LogP contribution in [0.2, 0.25) is 0 Å². The summed E-state index contributed by atoms with van der Waals surface area (Å²) >= 11 is 1.61. The molecule has 0 atom stereocenters. The standard InChI is InChI=1S/C11H20N2O3S2/c1-4-13-8-11(7-10(13)9-14)18(15,16)12(2)5-6-17-3/h7-8,14H,4-6,9H2,1-3H3. The fraction of sp³-hybridized carbons (Fsp3) is 0.636. The Morgan fingerprint density at radius 3 is 2.61 bits per heavy atom. The van der Waals surface area contributed by atoms with Crippen molar-refractivity contribution in [3.63, 3.8) is 0 Å². The summed E-state index contributed by atoms with van der Waals surface area (Å²) in [5, 5.41) is 9.18. The summed E-state index contributed by atoms with van der Waals surface area (Å²) in [7, 11) is -1.87. The molecular weight excluding hydrogens is 272 g/mol. The van der Waals surface area contributed by atoms with Crippen LogP contribution in [0.15, 0.2) is 17.2 Å². The molecule has 0 amide bonds. The van der Waals surface area contributed by atoms with Gasteiger partial charge in [-0.2, -0.15) is 11.8 Å².